The number of nitrogens with zero attached hydrogens (tertiary/aromatic N) is 2. The predicted octanol–water partition coefficient (Wildman–Crippen LogP) is 3.98. The van der Waals surface area contributed by atoms with Crippen molar-refractivity contribution in [1.82, 2.24) is 15.2 Å². The fourth-order valence-corrected chi connectivity index (χ4v) is 2.60. The predicted molar refractivity (Wildman–Crippen MR) is 89.3 cm³/mol. The summed E-state index contributed by atoms with van der Waals surface area (Å²) in [6.07, 6.45) is 1.52. The van der Waals surface area contributed by atoms with Crippen molar-refractivity contribution >= 4 is 40.0 Å². The topological polar surface area (TPSA) is 79.9 Å². The Hall–Kier alpha value is -2.67. The quantitative estimate of drug-likeness (QED) is 0.697. The number of hydrogen-bond donors (Lipinski definition) is 2. The number of nitrogens with one attached hydrogen (secondary N) is 2. The van der Waals surface area contributed by atoms with Crippen LogP contribution < -0.4 is 5.32 Å². The van der Waals surface area contributed by atoms with Gasteiger partial charge in [0.2, 0.25) is 0 Å². The molecule has 0 radical (unpaired) electrons. The van der Waals surface area contributed by atoms with Crippen LogP contribution in [-0.4, -0.2) is 27.8 Å². The summed E-state index contributed by atoms with van der Waals surface area (Å²) >= 11 is 5.79. The van der Waals surface area contributed by atoms with E-state index >= 15 is 0 Å². The lowest BCUT2D eigenvalue weighted by Gasteiger charge is -2.07. The van der Waals surface area contributed by atoms with Gasteiger partial charge in [-0.05, 0) is 37.6 Å². The summed E-state index contributed by atoms with van der Waals surface area (Å²) < 4.78 is 18.3. The molecule has 0 aliphatic rings. The van der Waals surface area contributed by atoms with Crippen molar-refractivity contribution in [2.45, 2.75) is 13.8 Å². The number of hydrogen-bond acceptors (Lipinski definition) is 5. The molecule has 2 heterocycles. The van der Waals surface area contributed by atoms with Gasteiger partial charge in [-0.1, -0.05) is 11.6 Å². The van der Waals surface area contributed by atoms with Gasteiger partial charge in [0.15, 0.2) is 5.82 Å². The van der Waals surface area contributed by atoms with Crippen molar-refractivity contribution in [3.05, 3.63) is 46.5 Å². The van der Waals surface area contributed by atoms with Crippen molar-refractivity contribution in [3.8, 4) is 0 Å². The van der Waals surface area contributed by atoms with Crippen LogP contribution >= 0.6 is 11.6 Å². The highest BCUT2D eigenvalue weighted by atomic mass is 35.5. The number of anilines is 2. The number of benzene rings is 1. The van der Waals surface area contributed by atoms with E-state index in [0.717, 1.165) is 0 Å². The van der Waals surface area contributed by atoms with Gasteiger partial charge in [-0.2, -0.15) is 5.10 Å². The first kappa shape index (κ1) is 16.2. The van der Waals surface area contributed by atoms with Gasteiger partial charge in [-0.15, -0.1) is 5.10 Å². The number of aryl methyl sites for hydroxylation is 1. The highest BCUT2D eigenvalue weighted by Crippen LogP contribution is 2.30. The minimum Gasteiger partial charge on any atom is -0.461 e. The number of aromatic nitrogens is 3. The minimum atomic E-state index is -0.506. The smallest absolute Gasteiger partial charge is 0.355 e. The third-order valence-corrected chi connectivity index (χ3v) is 3.81. The molecule has 2 aromatic heterocycles. The number of carbonyl (C=O) groups is 1. The molecule has 2 N–H and O–H groups in total. The molecule has 3 aromatic rings. The van der Waals surface area contributed by atoms with E-state index in [1.165, 1.54) is 24.4 Å². The van der Waals surface area contributed by atoms with E-state index in [1.807, 2.05) is 0 Å². The molecule has 124 valence electrons. The van der Waals surface area contributed by atoms with Crippen molar-refractivity contribution in [1.29, 1.82) is 0 Å². The summed E-state index contributed by atoms with van der Waals surface area (Å²) in [5.74, 6) is -0.518. The lowest BCUT2D eigenvalue weighted by molar-refractivity contribution is 0.0520. The van der Waals surface area contributed by atoms with Gasteiger partial charge in [0.1, 0.15) is 11.5 Å². The third kappa shape index (κ3) is 2.90. The summed E-state index contributed by atoms with van der Waals surface area (Å²) in [5.41, 5.74) is 2.23. The van der Waals surface area contributed by atoms with Gasteiger partial charge in [0.05, 0.1) is 23.3 Å². The maximum absolute atomic E-state index is 13.3. The van der Waals surface area contributed by atoms with Crippen LogP contribution in [0.25, 0.3) is 10.9 Å². The Morgan fingerprint density at radius 3 is 2.96 bits per heavy atom. The van der Waals surface area contributed by atoms with Crippen LogP contribution in [-0.2, 0) is 4.74 Å². The highest BCUT2D eigenvalue weighted by molar-refractivity contribution is 6.31. The Morgan fingerprint density at radius 2 is 2.25 bits per heavy atom. The summed E-state index contributed by atoms with van der Waals surface area (Å²) in [4.78, 5) is 15.0. The zero-order chi connectivity index (χ0) is 17.3. The molecule has 3 rings (SSSR count). The Labute approximate surface area is 142 Å². The first-order valence-corrected chi connectivity index (χ1v) is 7.62. The van der Waals surface area contributed by atoms with Crippen LogP contribution in [0.5, 0.6) is 0 Å². The van der Waals surface area contributed by atoms with Crippen LogP contribution in [0.3, 0.4) is 0 Å². The Kier molecular flexibility index (Phi) is 4.35. The Balaban J connectivity index is 2.05. The highest BCUT2D eigenvalue weighted by Gasteiger charge is 2.19. The van der Waals surface area contributed by atoms with E-state index in [2.05, 4.69) is 20.5 Å². The van der Waals surface area contributed by atoms with E-state index in [-0.39, 0.29) is 11.6 Å². The van der Waals surface area contributed by atoms with E-state index in [4.69, 9.17) is 16.3 Å². The molecule has 0 bridgehead atoms. The van der Waals surface area contributed by atoms with Gasteiger partial charge >= 0.3 is 5.97 Å². The van der Waals surface area contributed by atoms with Gasteiger partial charge < -0.3 is 15.0 Å². The number of H-pyrrole nitrogens is 1. The molecule has 0 atom stereocenters. The molecular weight excluding hydrogens is 335 g/mol. The van der Waals surface area contributed by atoms with Gasteiger partial charge in [0, 0.05) is 11.1 Å². The first-order chi connectivity index (χ1) is 11.5. The third-order valence-electron chi connectivity index (χ3n) is 3.52. The molecule has 0 aliphatic heterocycles. The van der Waals surface area contributed by atoms with Crippen molar-refractivity contribution in [2.24, 2.45) is 0 Å². The molecular formula is C16H14ClFN4O2. The maximum Gasteiger partial charge on any atom is 0.355 e. The molecule has 24 heavy (non-hydrogen) atoms. The van der Waals surface area contributed by atoms with Gasteiger partial charge in [-0.3, -0.25) is 0 Å². The lowest BCUT2D eigenvalue weighted by Crippen LogP contribution is -2.06. The molecule has 0 amide bonds. The maximum atomic E-state index is 13.3. The molecule has 0 saturated carbocycles. The average Bonchev–Trinajstić information content (AvgIpc) is 2.89. The lowest BCUT2D eigenvalue weighted by atomic mass is 10.2. The number of aromatic amines is 1. The largest absolute Gasteiger partial charge is 0.461 e. The second kappa shape index (κ2) is 6.45. The molecule has 6 nitrogen and oxygen atoms in total. The number of halogens is 2. The van der Waals surface area contributed by atoms with Crippen LogP contribution in [0.4, 0.5) is 15.9 Å². The summed E-state index contributed by atoms with van der Waals surface area (Å²) in [6.45, 7) is 3.81. The number of fused-ring (bicyclic) bond motifs is 1. The molecule has 8 heteroatoms. The number of rotatable bonds is 4. The molecule has 1 aromatic carbocycles. The zero-order valence-corrected chi connectivity index (χ0v) is 13.7. The minimum absolute atomic E-state index is 0.00172. The first-order valence-electron chi connectivity index (χ1n) is 7.24. The summed E-state index contributed by atoms with van der Waals surface area (Å²) in [6, 6.07) is 4.24. The fourth-order valence-electron chi connectivity index (χ4n) is 2.42. The fraction of sp³-hybridized carbons (Fsp3) is 0.188. The molecule has 0 saturated heterocycles. The van der Waals surface area contributed by atoms with Crippen molar-refractivity contribution in [2.75, 3.05) is 11.9 Å². The SMILES string of the molecule is CCOC(=O)c1[nH]c2cnnc(Nc3ccc(F)c(Cl)c3)c2c1C. The van der Waals surface area contributed by atoms with Crippen LogP contribution in [0, 0.1) is 12.7 Å². The van der Waals surface area contributed by atoms with E-state index < -0.39 is 11.8 Å². The van der Waals surface area contributed by atoms with E-state index in [1.54, 1.807) is 13.8 Å². The standard InChI is InChI=1S/C16H14ClFN4O2/c1-3-24-16(23)14-8(2)13-12(21-14)7-19-22-15(13)20-9-4-5-11(18)10(17)6-9/h4-7,21H,3H2,1-2H3,(H,20,22). The molecule has 0 fully saturated rings. The van der Waals surface area contributed by atoms with Crippen LogP contribution in [0.15, 0.2) is 24.4 Å². The number of ether oxygens (including phenoxy) is 1. The summed E-state index contributed by atoms with van der Waals surface area (Å²) in [7, 11) is 0. The van der Waals surface area contributed by atoms with E-state index in [0.29, 0.717) is 33.7 Å². The zero-order valence-electron chi connectivity index (χ0n) is 13.0. The molecule has 0 aliphatic carbocycles. The summed E-state index contributed by atoms with van der Waals surface area (Å²) in [5, 5.41) is 11.7. The van der Waals surface area contributed by atoms with Crippen molar-refractivity contribution in [3.63, 3.8) is 0 Å². The normalized spacial score (nSPS) is 10.8. The van der Waals surface area contributed by atoms with Gasteiger partial charge in [-0.25, -0.2) is 9.18 Å². The molecule has 0 unspecified atom stereocenters. The number of carbonyl (C=O) groups excluding carboxylic acids is 1. The van der Waals surface area contributed by atoms with E-state index in [9.17, 15) is 9.18 Å². The monoisotopic (exact) mass is 348 g/mol. The second-order valence-corrected chi connectivity index (χ2v) is 5.49. The van der Waals surface area contributed by atoms with Crippen molar-refractivity contribution < 1.29 is 13.9 Å². The second-order valence-electron chi connectivity index (χ2n) is 5.08. The average molecular weight is 349 g/mol. The Morgan fingerprint density at radius 1 is 1.46 bits per heavy atom. The van der Waals surface area contributed by atoms with Crippen LogP contribution in [0.2, 0.25) is 5.02 Å². The Bertz CT molecular complexity index is 926. The molecule has 0 spiro atoms. The number of esters is 1. The van der Waals surface area contributed by atoms with Crippen LogP contribution in [0.1, 0.15) is 23.0 Å². The van der Waals surface area contributed by atoms with Gasteiger partial charge in [0.25, 0.3) is 0 Å².